The van der Waals surface area contributed by atoms with E-state index >= 15 is 0 Å². The zero-order valence-corrected chi connectivity index (χ0v) is 6.42. The largest absolute Gasteiger partial charge is 0.0845 e. The highest BCUT2D eigenvalue weighted by atomic mass is 13.9. The molecule has 0 aromatic carbocycles. The van der Waals surface area contributed by atoms with Gasteiger partial charge in [-0.05, 0) is 32.1 Å². The summed E-state index contributed by atoms with van der Waals surface area (Å²) >= 11 is 0. The molecule has 0 aliphatic heterocycles. The predicted octanol–water partition coefficient (Wildman–Crippen LogP) is 3.27. The molecular formula is C10H15. The van der Waals surface area contributed by atoms with Gasteiger partial charge in [0.2, 0.25) is 0 Å². The van der Waals surface area contributed by atoms with Crippen molar-refractivity contribution in [2.45, 2.75) is 32.1 Å². The lowest BCUT2D eigenvalue weighted by atomic mass is 10.1. The topological polar surface area (TPSA) is 0 Å². The molecule has 0 heterocycles. The molecule has 0 nitrogen and oxygen atoms in total. The molecule has 0 fully saturated rings. The van der Waals surface area contributed by atoms with Gasteiger partial charge in [0.25, 0.3) is 0 Å². The summed E-state index contributed by atoms with van der Waals surface area (Å²) in [4.78, 5) is 0. The van der Waals surface area contributed by atoms with E-state index in [1.807, 2.05) is 0 Å². The van der Waals surface area contributed by atoms with Crippen molar-refractivity contribution < 1.29 is 0 Å². The zero-order valence-electron chi connectivity index (χ0n) is 6.42. The predicted molar refractivity (Wildman–Crippen MR) is 45.7 cm³/mol. The maximum absolute atomic E-state index is 2.36. The van der Waals surface area contributed by atoms with Gasteiger partial charge in [-0.3, -0.25) is 0 Å². The van der Waals surface area contributed by atoms with Gasteiger partial charge in [0, 0.05) is 0 Å². The third-order valence-corrected chi connectivity index (χ3v) is 1.72. The zero-order chi connectivity index (χ0) is 7.07. The van der Waals surface area contributed by atoms with Crippen molar-refractivity contribution in [1.29, 1.82) is 0 Å². The van der Waals surface area contributed by atoms with Gasteiger partial charge in [0.05, 0.1) is 0 Å². The van der Waals surface area contributed by atoms with Crippen molar-refractivity contribution in [1.82, 2.24) is 0 Å². The first-order valence-electron chi connectivity index (χ1n) is 4.13. The summed E-state index contributed by atoms with van der Waals surface area (Å²) in [7, 11) is 0. The molecule has 0 heteroatoms. The Morgan fingerprint density at radius 3 is 2.60 bits per heavy atom. The Hall–Kier alpha value is -0.520. The van der Waals surface area contributed by atoms with Gasteiger partial charge in [-0.1, -0.05) is 30.7 Å². The Morgan fingerprint density at radius 2 is 1.60 bits per heavy atom. The van der Waals surface area contributed by atoms with Crippen molar-refractivity contribution >= 4 is 0 Å². The van der Waals surface area contributed by atoms with Crippen LogP contribution in [-0.4, -0.2) is 0 Å². The van der Waals surface area contributed by atoms with Crippen LogP contribution in [0.25, 0.3) is 0 Å². The maximum Gasteiger partial charge on any atom is -0.0316 e. The van der Waals surface area contributed by atoms with E-state index in [0.29, 0.717) is 0 Å². The Labute approximate surface area is 63.6 Å². The van der Waals surface area contributed by atoms with E-state index in [2.05, 4.69) is 30.7 Å². The summed E-state index contributed by atoms with van der Waals surface area (Å²) < 4.78 is 0. The van der Waals surface area contributed by atoms with E-state index in [4.69, 9.17) is 0 Å². The first-order chi connectivity index (χ1) is 5.00. The molecule has 55 valence electrons. The molecular weight excluding hydrogens is 120 g/mol. The summed E-state index contributed by atoms with van der Waals surface area (Å²) in [6, 6.07) is 0. The number of hydrogen-bond donors (Lipinski definition) is 0. The fraction of sp³-hybridized carbons (Fsp3) is 0.500. The highest BCUT2D eigenvalue weighted by Gasteiger charge is 1.88. The molecule has 1 rings (SSSR count). The average molecular weight is 135 g/mol. The van der Waals surface area contributed by atoms with Crippen LogP contribution in [-0.2, 0) is 0 Å². The van der Waals surface area contributed by atoms with Gasteiger partial charge in [-0.2, -0.15) is 0 Å². The summed E-state index contributed by atoms with van der Waals surface area (Å²) in [5.41, 5.74) is 0. The monoisotopic (exact) mass is 135 g/mol. The van der Waals surface area contributed by atoms with Gasteiger partial charge in [0.15, 0.2) is 0 Å². The van der Waals surface area contributed by atoms with Gasteiger partial charge in [-0.25, -0.2) is 0 Å². The van der Waals surface area contributed by atoms with E-state index in [1.54, 1.807) is 0 Å². The maximum atomic E-state index is 2.36. The van der Waals surface area contributed by atoms with Crippen LogP contribution in [0, 0.1) is 6.42 Å². The molecule has 1 aliphatic rings. The fourth-order valence-electron chi connectivity index (χ4n) is 1.10. The number of rotatable bonds is 0. The van der Waals surface area contributed by atoms with E-state index in [-0.39, 0.29) is 0 Å². The second-order valence-corrected chi connectivity index (χ2v) is 2.67. The number of hydrogen-bond acceptors (Lipinski definition) is 0. The van der Waals surface area contributed by atoms with Crippen molar-refractivity contribution in [2.24, 2.45) is 0 Å². The van der Waals surface area contributed by atoms with Crippen LogP contribution in [0.5, 0.6) is 0 Å². The molecule has 0 N–H and O–H groups in total. The highest BCUT2D eigenvalue weighted by molar-refractivity contribution is 5.04. The molecule has 10 heavy (non-hydrogen) atoms. The number of allylic oxidation sites excluding steroid dienone is 4. The first kappa shape index (κ1) is 7.59. The van der Waals surface area contributed by atoms with Gasteiger partial charge < -0.3 is 0 Å². The Kier molecular flexibility index (Phi) is 4.00. The Morgan fingerprint density at radius 1 is 0.800 bits per heavy atom. The minimum absolute atomic E-state index is 1.14. The van der Waals surface area contributed by atoms with Crippen LogP contribution in [0.15, 0.2) is 24.3 Å². The van der Waals surface area contributed by atoms with E-state index < -0.39 is 0 Å². The summed E-state index contributed by atoms with van der Waals surface area (Å²) in [5, 5.41) is 0. The van der Waals surface area contributed by atoms with Crippen LogP contribution in [0.1, 0.15) is 32.1 Å². The van der Waals surface area contributed by atoms with Crippen molar-refractivity contribution in [3.05, 3.63) is 30.7 Å². The summed E-state index contributed by atoms with van der Waals surface area (Å²) in [5.74, 6) is 0. The smallest absolute Gasteiger partial charge is 0.0316 e. The minimum Gasteiger partial charge on any atom is -0.0845 e. The quantitative estimate of drug-likeness (QED) is 0.478. The van der Waals surface area contributed by atoms with E-state index in [0.717, 1.165) is 6.42 Å². The van der Waals surface area contributed by atoms with Crippen molar-refractivity contribution in [3.8, 4) is 0 Å². The highest BCUT2D eigenvalue weighted by Crippen LogP contribution is 2.07. The normalized spacial score (nSPS) is 27.2. The van der Waals surface area contributed by atoms with Gasteiger partial charge in [-0.15, -0.1) is 0 Å². The molecule has 0 unspecified atom stereocenters. The van der Waals surface area contributed by atoms with Crippen LogP contribution in [0.4, 0.5) is 0 Å². The second kappa shape index (κ2) is 5.28. The third kappa shape index (κ3) is 3.49. The SMILES string of the molecule is [CH]1C/C=C/C=C\CCCC1. The molecule has 0 aromatic rings. The molecule has 0 bridgehead atoms. The van der Waals surface area contributed by atoms with Crippen LogP contribution in [0.2, 0.25) is 0 Å². The molecule has 0 amide bonds. The van der Waals surface area contributed by atoms with Crippen LogP contribution < -0.4 is 0 Å². The van der Waals surface area contributed by atoms with Gasteiger partial charge in [0.1, 0.15) is 0 Å². The molecule has 1 radical (unpaired) electrons. The third-order valence-electron chi connectivity index (χ3n) is 1.72. The lowest BCUT2D eigenvalue weighted by Crippen LogP contribution is -1.78. The molecule has 0 saturated heterocycles. The first-order valence-corrected chi connectivity index (χ1v) is 4.13. The van der Waals surface area contributed by atoms with E-state index in [9.17, 15) is 0 Å². The minimum atomic E-state index is 1.14. The molecule has 0 aromatic heterocycles. The fourth-order valence-corrected chi connectivity index (χ4v) is 1.10. The Bertz CT molecular complexity index is 104. The Balaban J connectivity index is 2.26. The van der Waals surface area contributed by atoms with Crippen molar-refractivity contribution in [2.75, 3.05) is 0 Å². The lowest BCUT2D eigenvalue weighted by Gasteiger charge is -1.97. The lowest BCUT2D eigenvalue weighted by molar-refractivity contribution is 0.729. The molecule has 0 spiro atoms. The summed E-state index contributed by atoms with van der Waals surface area (Å²) in [6.45, 7) is 0. The van der Waals surface area contributed by atoms with E-state index in [1.165, 1.54) is 25.7 Å². The molecule has 0 atom stereocenters. The standard InChI is InChI=1S/C10H15/c1-2-4-6-8-10-9-7-5-3-1/h1-4,7H,5-6,8-10H2/b3-1+,4-2-. The molecule has 1 aliphatic carbocycles. The summed E-state index contributed by atoms with van der Waals surface area (Å²) in [6.07, 6.45) is 17.5. The molecule has 0 saturated carbocycles. The average Bonchev–Trinajstić information content (AvgIpc) is 2.01. The van der Waals surface area contributed by atoms with Crippen LogP contribution in [0.3, 0.4) is 0 Å². The van der Waals surface area contributed by atoms with Crippen LogP contribution >= 0.6 is 0 Å². The van der Waals surface area contributed by atoms with Crippen molar-refractivity contribution in [3.63, 3.8) is 0 Å². The second-order valence-electron chi connectivity index (χ2n) is 2.67. The van der Waals surface area contributed by atoms with Gasteiger partial charge >= 0.3 is 0 Å².